The smallest absolute Gasteiger partial charge is 0.346 e. The van der Waals surface area contributed by atoms with E-state index in [4.69, 9.17) is 10.4 Å². The van der Waals surface area contributed by atoms with Crippen LogP contribution in [-0.4, -0.2) is 11.1 Å². The van der Waals surface area contributed by atoms with Crippen LogP contribution in [0.15, 0.2) is 28.2 Å². The van der Waals surface area contributed by atoms with Gasteiger partial charge < -0.3 is 5.11 Å². The van der Waals surface area contributed by atoms with Crippen LogP contribution in [0.5, 0.6) is 0 Å². The summed E-state index contributed by atoms with van der Waals surface area (Å²) in [5.74, 6) is -1.21. The first-order valence-corrected chi connectivity index (χ1v) is 4.95. The molecule has 0 fully saturated rings. The molecule has 0 radical (unpaired) electrons. The van der Waals surface area contributed by atoms with Gasteiger partial charge in [0.2, 0.25) is 0 Å². The Hall–Kier alpha value is -1.60. The van der Waals surface area contributed by atoms with Crippen molar-refractivity contribution in [2.24, 2.45) is 0 Å². The van der Waals surface area contributed by atoms with Crippen LogP contribution >= 0.6 is 15.9 Å². The van der Waals surface area contributed by atoms with Crippen molar-refractivity contribution in [1.82, 2.24) is 0 Å². The molecule has 3 nitrogen and oxygen atoms in total. The number of hydrogen-bond acceptors (Lipinski definition) is 2. The molecule has 0 aliphatic carbocycles. The normalized spacial score (nSPS) is 10.9. The first-order chi connectivity index (χ1) is 7.04. The van der Waals surface area contributed by atoms with Crippen molar-refractivity contribution < 1.29 is 9.90 Å². The maximum Gasteiger partial charge on any atom is 0.346 e. The summed E-state index contributed by atoms with van der Waals surface area (Å²) in [5, 5.41) is 17.3. The van der Waals surface area contributed by atoms with Crippen LogP contribution in [0.4, 0.5) is 0 Å². The molecule has 15 heavy (non-hydrogen) atoms. The molecular weight excluding hydrogens is 258 g/mol. The number of nitriles is 1. The molecule has 1 N–H and O–H groups in total. The van der Waals surface area contributed by atoms with Crippen LogP contribution in [0.25, 0.3) is 6.08 Å². The van der Waals surface area contributed by atoms with Gasteiger partial charge in [0.25, 0.3) is 0 Å². The van der Waals surface area contributed by atoms with E-state index in [-0.39, 0.29) is 5.57 Å². The van der Waals surface area contributed by atoms with E-state index >= 15 is 0 Å². The highest BCUT2D eigenvalue weighted by atomic mass is 79.9. The second-order valence-corrected chi connectivity index (χ2v) is 3.89. The molecule has 1 rings (SSSR count). The third-order valence-corrected chi connectivity index (χ3v) is 2.38. The second-order valence-electron chi connectivity index (χ2n) is 2.98. The first kappa shape index (κ1) is 11.5. The highest BCUT2D eigenvalue weighted by Gasteiger charge is 2.06. The summed E-state index contributed by atoms with van der Waals surface area (Å²) in [4.78, 5) is 10.6. The van der Waals surface area contributed by atoms with Gasteiger partial charge in [0.15, 0.2) is 0 Å². The standard InChI is InChI=1S/C11H8BrNO2/c1-7-4-10(12)3-2-8(7)5-9(6-13)11(14)15/h2-5H,1H3,(H,14,15)/b9-5-. The van der Waals surface area contributed by atoms with E-state index in [2.05, 4.69) is 15.9 Å². The third kappa shape index (κ3) is 2.93. The summed E-state index contributed by atoms with van der Waals surface area (Å²) >= 11 is 3.31. The largest absolute Gasteiger partial charge is 0.477 e. The highest BCUT2D eigenvalue weighted by Crippen LogP contribution is 2.18. The van der Waals surface area contributed by atoms with E-state index in [0.717, 1.165) is 15.6 Å². The number of carboxylic acid groups (broad SMARTS) is 1. The minimum absolute atomic E-state index is 0.263. The molecule has 0 atom stereocenters. The van der Waals surface area contributed by atoms with E-state index in [0.29, 0.717) is 0 Å². The van der Waals surface area contributed by atoms with Crippen molar-refractivity contribution in [3.63, 3.8) is 0 Å². The van der Waals surface area contributed by atoms with Crippen molar-refractivity contribution in [1.29, 1.82) is 5.26 Å². The molecule has 1 aromatic carbocycles. The van der Waals surface area contributed by atoms with Crippen LogP contribution in [0.3, 0.4) is 0 Å². The summed E-state index contributed by atoms with van der Waals surface area (Å²) in [6.45, 7) is 1.85. The van der Waals surface area contributed by atoms with E-state index in [1.807, 2.05) is 13.0 Å². The number of carboxylic acids is 1. The van der Waals surface area contributed by atoms with Gasteiger partial charge in [-0.15, -0.1) is 0 Å². The van der Waals surface area contributed by atoms with Crippen molar-refractivity contribution in [3.05, 3.63) is 39.4 Å². The predicted octanol–water partition coefficient (Wildman–Crippen LogP) is 2.75. The monoisotopic (exact) mass is 265 g/mol. The van der Waals surface area contributed by atoms with Gasteiger partial charge in [0, 0.05) is 4.47 Å². The molecule has 0 aromatic heterocycles. The summed E-state index contributed by atoms with van der Waals surface area (Å²) in [5.41, 5.74) is 1.39. The number of halogens is 1. The number of rotatable bonds is 2. The predicted molar refractivity (Wildman–Crippen MR) is 60.1 cm³/mol. The topological polar surface area (TPSA) is 61.1 Å². The highest BCUT2D eigenvalue weighted by molar-refractivity contribution is 9.10. The van der Waals surface area contributed by atoms with E-state index in [1.165, 1.54) is 6.08 Å². The SMILES string of the molecule is Cc1cc(Br)ccc1/C=C(/C#N)C(=O)O. The third-order valence-electron chi connectivity index (χ3n) is 1.88. The molecule has 0 unspecified atom stereocenters. The molecule has 76 valence electrons. The quantitative estimate of drug-likeness (QED) is 0.661. The summed E-state index contributed by atoms with van der Waals surface area (Å²) in [6.07, 6.45) is 1.37. The first-order valence-electron chi connectivity index (χ1n) is 4.16. The average Bonchev–Trinajstić information content (AvgIpc) is 2.16. The van der Waals surface area contributed by atoms with Crippen LogP contribution in [-0.2, 0) is 4.79 Å². The zero-order valence-corrected chi connectivity index (χ0v) is 9.58. The Balaban J connectivity index is 3.19. The molecule has 0 spiro atoms. The maximum absolute atomic E-state index is 10.6. The average molecular weight is 266 g/mol. The molecule has 0 saturated carbocycles. The summed E-state index contributed by atoms with van der Waals surface area (Å²) in [6, 6.07) is 7.07. The Labute approximate surface area is 95.8 Å². The van der Waals surface area contributed by atoms with Crippen molar-refractivity contribution in [3.8, 4) is 6.07 Å². The van der Waals surface area contributed by atoms with Gasteiger partial charge in [0.05, 0.1) is 0 Å². The van der Waals surface area contributed by atoms with E-state index in [1.54, 1.807) is 18.2 Å². The number of carbonyl (C=O) groups is 1. The number of hydrogen-bond donors (Lipinski definition) is 1. The molecule has 4 heteroatoms. The van der Waals surface area contributed by atoms with Crippen LogP contribution < -0.4 is 0 Å². The van der Waals surface area contributed by atoms with Gasteiger partial charge in [0.1, 0.15) is 11.6 Å². The minimum Gasteiger partial charge on any atom is -0.477 e. The van der Waals surface area contributed by atoms with Gasteiger partial charge in [-0.3, -0.25) is 0 Å². The van der Waals surface area contributed by atoms with Crippen LogP contribution in [0.1, 0.15) is 11.1 Å². The van der Waals surface area contributed by atoms with Gasteiger partial charge in [-0.05, 0) is 36.3 Å². The lowest BCUT2D eigenvalue weighted by molar-refractivity contribution is -0.132. The zero-order valence-electron chi connectivity index (χ0n) is 7.99. The Bertz CT molecular complexity index is 472. The Morgan fingerprint density at radius 2 is 2.27 bits per heavy atom. The Kier molecular flexibility index (Phi) is 3.64. The lowest BCUT2D eigenvalue weighted by atomic mass is 10.1. The maximum atomic E-state index is 10.6. The van der Waals surface area contributed by atoms with Gasteiger partial charge >= 0.3 is 5.97 Å². The lowest BCUT2D eigenvalue weighted by Crippen LogP contribution is -1.97. The molecule has 0 aliphatic heterocycles. The molecule has 0 saturated heterocycles. The number of nitrogens with zero attached hydrogens (tertiary/aromatic N) is 1. The number of benzene rings is 1. The molecule has 0 heterocycles. The van der Waals surface area contributed by atoms with Crippen LogP contribution in [0.2, 0.25) is 0 Å². The van der Waals surface area contributed by atoms with Crippen LogP contribution in [0, 0.1) is 18.3 Å². The summed E-state index contributed by atoms with van der Waals surface area (Å²) < 4.78 is 0.922. The molecule has 0 amide bonds. The van der Waals surface area contributed by atoms with Crippen molar-refractivity contribution in [2.45, 2.75) is 6.92 Å². The molecule has 0 aliphatic rings. The zero-order chi connectivity index (χ0) is 11.4. The fourth-order valence-electron chi connectivity index (χ4n) is 1.10. The van der Waals surface area contributed by atoms with Gasteiger partial charge in [-0.2, -0.15) is 5.26 Å². The summed E-state index contributed by atoms with van der Waals surface area (Å²) in [7, 11) is 0. The van der Waals surface area contributed by atoms with E-state index in [9.17, 15) is 4.79 Å². The fraction of sp³-hybridized carbons (Fsp3) is 0.0909. The van der Waals surface area contributed by atoms with Crippen molar-refractivity contribution in [2.75, 3.05) is 0 Å². The fourth-order valence-corrected chi connectivity index (χ4v) is 1.57. The Morgan fingerprint density at radius 1 is 1.60 bits per heavy atom. The lowest BCUT2D eigenvalue weighted by Gasteiger charge is -2.00. The number of aliphatic carboxylic acids is 1. The van der Waals surface area contributed by atoms with E-state index < -0.39 is 5.97 Å². The molecule has 1 aromatic rings. The molecule has 0 bridgehead atoms. The molecular formula is C11H8BrNO2. The van der Waals surface area contributed by atoms with Gasteiger partial charge in [-0.25, -0.2) is 4.79 Å². The van der Waals surface area contributed by atoms with Gasteiger partial charge in [-0.1, -0.05) is 22.0 Å². The minimum atomic E-state index is -1.21. The second kappa shape index (κ2) is 4.76. The Morgan fingerprint density at radius 3 is 2.73 bits per heavy atom. The van der Waals surface area contributed by atoms with Crippen molar-refractivity contribution >= 4 is 28.0 Å². The number of aryl methyl sites for hydroxylation is 1.